The molecule has 2 aromatic rings. The maximum absolute atomic E-state index is 4.14. The van der Waals surface area contributed by atoms with Crippen LogP contribution in [0.5, 0.6) is 0 Å². The molecule has 3 heteroatoms. The summed E-state index contributed by atoms with van der Waals surface area (Å²) in [6.45, 7) is 2.20. The van der Waals surface area contributed by atoms with Crippen molar-refractivity contribution in [2.24, 2.45) is 7.05 Å². The first-order valence-corrected chi connectivity index (χ1v) is 6.03. The molecule has 1 unspecified atom stereocenters. The summed E-state index contributed by atoms with van der Waals surface area (Å²) in [5.41, 5.74) is 2.49. The van der Waals surface area contributed by atoms with Gasteiger partial charge in [-0.2, -0.15) is 5.10 Å². The van der Waals surface area contributed by atoms with Crippen molar-refractivity contribution < 1.29 is 0 Å². The normalized spacial score (nSPS) is 12.4. The van der Waals surface area contributed by atoms with Gasteiger partial charge in [-0.1, -0.05) is 30.3 Å². The van der Waals surface area contributed by atoms with Gasteiger partial charge < -0.3 is 5.32 Å². The van der Waals surface area contributed by atoms with E-state index in [1.165, 1.54) is 5.56 Å². The first kappa shape index (κ1) is 11.7. The molecule has 2 rings (SSSR count). The van der Waals surface area contributed by atoms with Crippen LogP contribution in [0.25, 0.3) is 0 Å². The Balaban J connectivity index is 1.80. The Hall–Kier alpha value is -1.77. The minimum atomic E-state index is 0.458. The van der Waals surface area contributed by atoms with Gasteiger partial charge in [-0.25, -0.2) is 0 Å². The maximum Gasteiger partial charge on any atom is 0.0728 e. The van der Waals surface area contributed by atoms with Gasteiger partial charge in [-0.3, -0.25) is 4.68 Å². The summed E-state index contributed by atoms with van der Waals surface area (Å²) in [5.74, 6) is 0. The molecule has 0 aliphatic carbocycles. The molecule has 0 fully saturated rings. The first-order chi connectivity index (χ1) is 8.24. The topological polar surface area (TPSA) is 29.9 Å². The van der Waals surface area contributed by atoms with E-state index in [2.05, 4.69) is 47.7 Å². The number of rotatable bonds is 5. The summed E-state index contributed by atoms with van der Waals surface area (Å²) < 4.78 is 1.81. The number of benzene rings is 1. The average Bonchev–Trinajstić information content (AvgIpc) is 2.73. The maximum atomic E-state index is 4.14. The summed E-state index contributed by atoms with van der Waals surface area (Å²) in [5, 5.41) is 7.59. The molecule has 1 N–H and O–H groups in total. The van der Waals surface area contributed by atoms with Crippen LogP contribution in [0.1, 0.15) is 18.9 Å². The van der Waals surface area contributed by atoms with Gasteiger partial charge in [0.1, 0.15) is 0 Å². The van der Waals surface area contributed by atoms with Gasteiger partial charge in [0, 0.05) is 19.3 Å². The lowest BCUT2D eigenvalue weighted by atomic mass is 10.1. The number of hydrogen-bond acceptors (Lipinski definition) is 2. The van der Waals surface area contributed by atoms with Crippen LogP contribution in [-0.4, -0.2) is 15.8 Å². The van der Waals surface area contributed by atoms with Crippen molar-refractivity contribution in [1.29, 1.82) is 0 Å². The van der Waals surface area contributed by atoms with E-state index in [0.29, 0.717) is 6.04 Å². The van der Waals surface area contributed by atoms with E-state index < -0.39 is 0 Å². The largest absolute Gasteiger partial charge is 0.380 e. The van der Waals surface area contributed by atoms with Crippen molar-refractivity contribution in [2.45, 2.75) is 25.8 Å². The molecule has 3 nitrogen and oxygen atoms in total. The number of nitrogens with zero attached hydrogens (tertiary/aromatic N) is 2. The van der Waals surface area contributed by atoms with Gasteiger partial charge in [-0.05, 0) is 25.3 Å². The van der Waals surface area contributed by atoms with E-state index in [4.69, 9.17) is 0 Å². The minimum Gasteiger partial charge on any atom is -0.380 e. The zero-order chi connectivity index (χ0) is 12.1. The van der Waals surface area contributed by atoms with E-state index in [1.54, 1.807) is 0 Å². The third-order valence-corrected chi connectivity index (χ3v) is 2.83. The third kappa shape index (κ3) is 3.63. The van der Waals surface area contributed by atoms with Crippen LogP contribution in [0.2, 0.25) is 0 Å². The van der Waals surface area contributed by atoms with Gasteiger partial charge in [0.2, 0.25) is 0 Å². The van der Waals surface area contributed by atoms with Crippen LogP contribution in [0.4, 0.5) is 5.69 Å². The standard InChI is InChI=1S/C14H19N3/c1-12(16-14-10-15-17(2)11-14)8-9-13-6-4-3-5-7-13/h3-7,10-12,16H,8-9H2,1-2H3. The van der Waals surface area contributed by atoms with Crippen molar-refractivity contribution in [3.63, 3.8) is 0 Å². The molecule has 1 heterocycles. The second-order valence-electron chi connectivity index (χ2n) is 4.47. The van der Waals surface area contributed by atoms with E-state index >= 15 is 0 Å². The van der Waals surface area contributed by atoms with Gasteiger partial charge >= 0.3 is 0 Å². The van der Waals surface area contributed by atoms with E-state index in [9.17, 15) is 0 Å². The second kappa shape index (κ2) is 5.53. The van der Waals surface area contributed by atoms with Crippen molar-refractivity contribution in [3.05, 3.63) is 48.3 Å². The molecule has 0 bridgehead atoms. The van der Waals surface area contributed by atoms with Crippen LogP contribution >= 0.6 is 0 Å². The number of aryl methyl sites for hydroxylation is 2. The van der Waals surface area contributed by atoms with Crippen LogP contribution < -0.4 is 5.32 Å². The summed E-state index contributed by atoms with van der Waals surface area (Å²) in [4.78, 5) is 0. The Kier molecular flexibility index (Phi) is 3.81. The molecule has 0 radical (unpaired) electrons. The number of aromatic nitrogens is 2. The quantitative estimate of drug-likeness (QED) is 0.854. The van der Waals surface area contributed by atoms with Gasteiger partial charge in [0.15, 0.2) is 0 Å². The Bertz CT molecular complexity index is 448. The Morgan fingerprint density at radius 3 is 2.71 bits per heavy atom. The monoisotopic (exact) mass is 229 g/mol. The number of nitrogens with one attached hydrogen (secondary N) is 1. The molecule has 0 spiro atoms. The highest BCUT2D eigenvalue weighted by Crippen LogP contribution is 2.10. The Morgan fingerprint density at radius 2 is 2.06 bits per heavy atom. The summed E-state index contributed by atoms with van der Waals surface area (Å²) in [6.07, 6.45) is 6.09. The van der Waals surface area contributed by atoms with Crippen LogP contribution in [0.3, 0.4) is 0 Å². The Labute approximate surface area is 102 Å². The summed E-state index contributed by atoms with van der Waals surface area (Å²) >= 11 is 0. The van der Waals surface area contributed by atoms with E-state index in [1.807, 2.05) is 24.1 Å². The van der Waals surface area contributed by atoms with Crippen molar-refractivity contribution >= 4 is 5.69 Å². The fourth-order valence-corrected chi connectivity index (χ4v) is 1.88. The lowest BCUT2D eigenvalue weighted by Crippen LogP contribution is -2.15. The highest BCUT2D eigenvalue weighted by molar-refractivity contribution is 5.38. The molecule has 1 atom stereocenters. The highest BCUT2D eigenvalue weighted by atomic mass is 15.3. The summed E-state index contributed by atoms with van der Waals surface area (Å²) in [6, 6.07) is 11.1. The van der Waals surface area contributed by atoms with Crippen molar-refractivity contribution in [1.82, 2.24) is 9.78 Å². The van der Waals surface area contributed by atoms with Crippen LogP contribution in [0, 0.1) is 0 Å². The molecular weight excluding hydrogens is 210 g/mol. The van der Waals surface area contributed by atoms with Gasteiger partial charge in [-0.15, -0.1) is 0 Å². The highest BCUT2D eigenvalue weighted by Gasteiger charge is 2.03. The third-order valence-electron chi connectivity index (χ3n) is 2.83. The predicted molar refractivity (Wildman–Crippen MR) is 71.1 cm³/mol. The molecule has 1 aromatic carbocycles. The first-order valence-electron chi connectivity index (χ1n) is 6.03. The molecule has 0 amide bonds. The summed E-state index contributed by atoms with van der Waals surface area (Å²) in [7, 11) is 1.93. The molecule has 0 aliphatic heterocycles. The molecule has 1 aromatic heterocycles. The zero-order valence-electron chi connectivity index (χ0n) is 10.4. The molecule has 0 saturated carbocycles. The van der Waals surface area contributed by atoms with Crippen LogP contribution in [0.15, 0.2) is 42.7 Å². The molecule has 0 aliphatic rings. The average molecular weight is 229 g/mol. The SMILES string of the molecule is CC(CCc1ccccc1)Nc1cnn(C)c1. The molecule has 0 saturated heterocycles. The lowest BCUT2D eigenvalue weighted by molar-refractivity contribution is 0.706. The number of hydrogen-bond donors (Lipinski definition) is 1. The number of anilines is 1. The van der Waals surface area contributed by atoms with Crippen molar-refractivity contribution in [3.8, 4) is 0 Å². The van der Waals surface area contributed by atoms with Gasteiger partial charge in [0.05, 0.1) is 11.9 Å². The molecule has 17 heavy (non-hydrogen) atoms. The zero-order valence-corrected chi connectivity index (χ0v) is 10.4. The Morgan fingerprint density at radius 1 is 1.29 bits per heavy atom. The van der Waals surface area contributed by atoms with Gasteiger partial charge in [0.25, 0.3) is 0 Å². The predicted octanol–water partition coefficient (Wildman–Crippen LogP) is 2.85. The van der Waals surface area contributed by atoms with E-state index in [0.717, 1.165) is 18.5 Å². The lowest BCUT2D eigenvalue weighted by Gasteiger charge is -2.13. The fraction of sp³-hybridized carbons (Fsp3) is 0.357. The second-order valence-corrected chi connectivity index (χ2v) is 4.47. The van der Waals surface area contributed by atoms with E-state index in [-0.39, 0.29) is 0 Å². The molecule has 90 valence electrons. The van der Waals surface area contributed by atoms with Crippen molar-refractivity contribution in [2.75, 3.05) is 5.32 Å². The van der Waals surface area contributed by atoms with Crippen LogP contribution in [-0.2, 0) is 13.5 Å². The molecular formula is C14H19N3. The minimum absolute atomic E-state index is 0.458. The smallest absolute Gasteiger partial charge is 0.0728 e. The fourth-order valence-electron chi connectivity index (χ4n) is 1.88.